The van der Waals surface area contributed by atoms with Gasteiger partial charge in [0.2, 0.25) is 11.8 Å². The predicted molar refractivity (Wildman–Crippen MR) is 102 cm³/mol. The third-order valence-electron chi connectivity index (χ3n) is 5.07. The van der Waals surface area contributed by atoms with E-state index >= 15 is 0 Å². The fourth-order valence-corrected chi connectivity index (χ4v) is 4.75. The maximum atomic E-state index is 12.9. The monoisotopic (exact) mass is 412 g/mol. The van der Waals surface area contributed by atoms with Gasteiger partial charge in [-0.1, -0.05) is 13.0 Å². The van der Waals surface area contributed by atoms with Crippen molar-refractivity contribution in [3.05, 3.63) is 24.4 Å². The molecular formula is C18H28N4O5S. The van der Waals surface area contributed by atoms with E-state index in [9.17, 15) is 23.1 Å². The Bertz CT molecular complexity index is 786. The number of primary amides is 1. The summed E-state index contributed by atoms with van der Waals surface area (Å²) < 4.78 is 27.0. The van der Waals surface area contributed by atoms with E-state index in [1.54, 1.807) is 26.0 Å². The molecule has 9 nitrogen and oxygen atoms in total. The summed E-state index contributed by atoms with van der Waals surface area (Å²) in [7, 11) is -3.85. The summed E-state index contributed by atoms with van der Waals surface area (Å²) in [6.07, 6.45) is 1.70. The summed E-state index contributed by atoms with van der Waals surface area (Å²) in [6.45, 7) is 3.28. The minimum absolute atomic E-state index is 0.0722. The van der Waals surface area contributed by atoms with Crippen molar-refractivity contribution >= 4 is 21.8 Å². The molecular weight excluding hydrogens is 384 g/mol. The van der Waals surface area contributed by atoms with Crippen molar-refractivity contribution in [2.45, 2.75) is 62.7 Å². The topological polar surface area (TPSA) is 143 Å². The molecule has 1 aromatic heterocycles. The van der Waals surface area contributed by atoms with Crippen LogP contribution >= 0.6 is 0 Å². The Morgan fingerprint density at radius 2 is 2.11 bits per heavy atom. The van der Waals surface area contributed by atoms with Gasteiger partial charge in [0.25, 0.3) is 10.0 Å². The molecule has 1 saturated heterocycles. The number of nitrogens with zero attached hydrogens (tertiary/aromatic N) is 2. The molecule has 2 amide bonds. The Hall–Kier alpha value is -2.04. The van der Waals surface area contributed by atoms with Crippen LogP contribution in [0, 0.1) is 5.92 Å². The molecule has 1 aromatic rings. The van der Waals surface area contributed by atoms with Gasteiger partial charge in [0.05, 0.1) is 12.1 Å². The first-order chi connectivity index (χ1) is 13.1. The quantitative estimate of drug-likeness (QED) is 0.575. The fraction of sp³-hybridized carbons (Fsp3) is 0.611. The van der Waals surface area contributed by atoms with Gasteiger partial charge in [-0.05, 0) is 38.3 Å². The van der Waals surface area contributed by atoms with Gasteiger partial charge in [0.15, 0.2) is 5.03 Å². The van der Waals surface area contributed by atoms with Gasteiger partial charge in [0.1, 0.15) is 0 Å². The summed E-state index contributed by atoms with van der Waals surface area (Å²) in [4.78, 5) is 27.1. The lowest BCUT2D eigenvalue weighted by Crippen LogP contribution is -2.48. The van der Waals surface area contributed by atoms with E-state index < -0.39 is 34.0 Å². The molecule has 2 rings (SSSR count). The first-order valence-electron chi connectivity index (χ1n) is 9.32. The Balaban J connectivity index is 2.04. The molecule has 0 aromatic carbocycles. The van der Waals surface area contributed by atoms with Crippen LogP contribution in [0.15, 0.2) is 29.4 Å². The van der Waals surface area contributed by atoms with Crippen molar-refractivity contribution in [3.63, 3.8) is 0 Å². The number of carbonyl (C=O) groups is 2. The van der Waals surface area contributed by atoms with Crippen LogP contribution in [0.4, 0.5) is 0 Å². The molecule has 4 atom stereocenters. The maximum absolute atomic E-state index is 12.9. The highest BCUT2D eigenvalue weighted by Crippen LogP contribution is 2.24. The molecule has 1 fully saturated rings. The number of β-amino-alcohol motifs (C(OH)–C–C–N with tert-alkyl or cyclic N) is 1. The van der Waals surface area contributed by atoms with E-state index in [4.69, 9.17) is 5.73 Å². The van der Waals surface area contributed by atoms with E-state index in [1.165, 1.54) is 16.6 Å². The number of carbonyl (C=O) groups excluding carboxylic acids is 2. The van der Waals surface area contributed by atoms with Gasteiger partial charge in [0, 0.05) is 31.1 Å². The van der Waals surface area contributed by atoms with Crippen LogP contribution in [0.1, 0.15) is 39.5 Å². The molecule has 0 unspecified atom stereocenters. The smallest absolute Gasteiger partial charge is 0.260 e. The lowest BCUT2D eigenvalue weighted by atomic mass is 10.0. The minimum atomic E-state index is -3.85. The molecule has 0 saturated carbocycles. The highest BCUT2D eigenvalue weighted by Gasteiger charge is 2.37. The number of sulfonamides is 1. The van der Waals surface area contributed by atoms with Crippen LogP contribution in [0.25, 0.3) is 0 Å². The normalized spacial score (nSPS) is 24.9. The van der Waals surface area contributed by atoms with Gasteiger partial charge < -0.3 is 16.2 Å². The molecule has 2 heterocycles. The number of amides is 2. The highest BCUT2D eigenvalue weighted by atomic mass is 32.2. The maximum Gasteiger partial charge on any atom is 0.260 e. The van der Waals surface area contributed by atoms with Crippen molar-refractivity contribution in [2.75, 3.05) is 6.54 Å². The number of aromatic nitrogens is 1. The third-order valence-corrected chi connectivity index (χ3v) is 6.96. The van der Waals surface area contributed by atoms with Crippen LogP contribution in [0.2, 0.25) is 0 Å². The molecule has 0 spiro atoms. The second-order valence-electron chi connectivity index (χ2n) is 7.25. The van der Waals surface area contributed by atoms with Crippen molar-refractivity contribution in [2.24, 2.45) is 11.7 Å². The molecule has 1 aliphatic rings. The van der Waals surface area contributed by atoms with E-state index in [1.807, 2.05) is 0 Å². The Labute approximate surface area is 165 Å². The van der Waals surface area contributed by atoms with Crippen LogP contribution in [-0.4, -0.2) is 59.4 Å². The molecule has 156 valence electrons. The van der Waals surface area contributed by atoms with Crippen molar-refractivity contribution in [3.8, 4) is 0 Å². The second-order valence-corrected chi connectivity index (χ2v) is 9.09. The molecule has 0 aliphatic carbocycles. The number of pyridine rings is 1. The lowest BCUT2D eigenvalue weighted by Gasteiger charge is -2.27. The molecule has 0 radical (unpaired) electrons. The molecule has 0 bridgehead atoms. The molecule has 28 heavy (non-hydrogen) atoms. The summed E-state index contributed by atoms with van der Waals surface area (Å²) in [5, 5.41) is 13.2. The predicted octanol–water partition coefficient (Wildman–Crippen LogP) is 0.00190. The van der Waals surface area contributed by atoms with Gasteiger partial charge in [-0.15, -0.1) is 0 Å². The number of nitrogens with one attached hydrogen (secondary N) is 1. The number of hydrogen-bond donors (Lipinski definition) is 3. The zero-order valence-corrected chi connectivity index (χ0v) is 16.9. The summed E-state index contributed by atoms with van der Waals surface area (Å²) in [6, 6.07) is 3.72. The van der Waals surface area contributed by atoms with Gasteiger partial charge >= 0.3 is 0 Å². The standard InChI is InChI=1S/C18H28N4O5S/c1-12(18(19)25)6-9-16(24)21-14-8-7-13(2)22(11-15(14)23)28(26,27)17-5-3-4-10-20-17/h3-5,10,12-15,23H,6-9,11H2,1-2H3,(H2,19,25)(H,21,24)/t12-,13-,14-,15-/m0/s1. The zero-order chi connectivity index (χ0) is 20.9. The minimum Gasteiger partial charge on any atom is -0.390 e. The number of nitrogens with two attached hydrogens (primary N) is 1. The van der Waals surface area contributed by atoms with E-state index in [0.29, 0.717) is 19.3 Å². The first kappa shape index (κ1) is 22.3. The van der Waals surface area contributed by atoms with Gasteiger partial charge in [-0.2, -0.15) is 4.31 Å². The van der Waals surface area contributed by atoms with Gasteiger partial charge in [-0.25, -0.2) is 13.4 Å². The average Bonchev–Trinajstić information content (AvgIpc) is 2.80. The lowest BCUT2D eigenvalue weighted by molar-refractivity contribution is -0.124. The fourth-order valence-electron chi connectivity index (χ4n) is 3.14. The number of hydrogen-bond acceptors (Lipinski definition) is 6. The second kappa shape index (κ2) is 9.44. The Morgan fingerprint density at radius 1 is 1.39 bits per heavy atom. The summed E-state index contributed by atoms with van der Waals surface area (Å²) >= 11 is 0. The van der Waals surface area contributed by atoms with E-state index in [-0.39, 0.29) is 29.9 Å². The summed E-state index contributed by atoms with van der Waals surface area (Å²) in [5.41, 5.74) is 5.19. The van der Waals surface area contributed by atoms with Crippen molar-refractivity contribution in [1.82, 2.24) is 14.6 Å². The van der Waals surface area contributed by atoms with E-state index in [2.05, 4.69) is 10.3 Å². The van der Waals surface area contributed by atoms with Crippen molar-refractivity contribution in [1.29, 1.82) is 0 Å². The largest absolute Gasteiger partial charge is 0.390 e. The summed E-state index contributed by atoms with van der Waals surface area (Å²) in [5.74, 6) is -1.18. The number of aliphatic hydroxyl groups is 1. The Morgan fingerprint density at radius 3 is 2.71 bits per heavy atom. The average molecular weight is 413 g/mol. The first-order valence-corrected chi connectivity index (χ1v) is 10.8. The Kier molecular flexibility index (Phi) is 7.50. The SMILES string of the molecule is C[C@@H](CCC(=O)N[C@H]1CC[C@H](C)N(S(=O)(=O)c2ccccn2)C[C@@H]1O)C(N)=O. The van der Waals surface area contributed by atoms with Crippen LogP contribution in [-0.2, 0) is 19.6 Å². The molecule has 4 N–H and O–H groups in total. The van der Waals surface area contributed by atoms with Crippen LogP contribution in [0.5, 0.6) is 0 Å². The third kappa shape index (κ3) is 5.49. The number of aliphatic hydroxyl groups excluding tert-OH is 1. The number of rotatable bonds is 7. The van der Waals surface area contributed by atoms with E-state index in [0.717, 1.165) is 0 Å². The van der Waals surface area contributed by atoms with Crippen LogP contribution in [0.3, 0.4) is 0 Å². The molecule has 1 aliphatic heterocycles. The van der Waals surface area contributed by atoms with Crippen LogP contribution < -0.4 is 11.1 Å². The highest BCUT2D eigenvalue weighted by molar-refractivity contribution is 7.89. The molecule has 10 heteroatoms. The van der Waals surface area contributed by atoms with Crippen molar-refractivity contribution < 1.29 is 23.1 Å². The zero-order valence-electron chi connectivity index (χ0n) is 16.1. The van der Waals surface area contributed by atoms with Gasteiger partial charge in [-0.3, -0.25) is 9.59 Å².